The van der Waals surface area contributed by atoms with Crippen molar-refractivity contribution in [2.24, 2.45) is 0 Å². The fraction of sp³-hybridized carbons (Fsp3) is 1.00. The Balaban J connectivity index is 3.09. The molecule has 0 saturated carbocycles. The molecule has 1 aliphatic rings. The molecule has 1 aliphatic heterocycles. The van der Waals surface area contributed by atoms with Crippen LogP contribution < -0.4 is 0 Å². The first-order chi connectivity index (χ1) is 7.84. The first-order valence-electron chi connectivity index (χ1n) is 6.65. The predicted molar refractivity (Wildman–Crippen MR) is 78.8 cm³/mol. The summed E-state index contributed by atoms with van der Waals surface area (Å²) in [7, 11) is 0. The summed E-state index contributed by atoms with van der Waals surface area (Å²) in [5, 5.41) is 0. The predicted octanol–water partition coefficient (Wildman–Crippen LogP) is 3.46. The summed E-state index contributed by atoms with van der Waals surface area (Å²) in [6.45, 7) is 13.0. The van der Waals surface area contributed by atoms with Gasteiger partial charge in [0, 0.05) is 24.7 Å². The van der Waals surface area contributed by atoms with Crippen molar-refractivity contribution in [1.82, 2.24) is 9.34 Å². The zero-order valence-corrected chi connectivity index (χ0v) is 13.7. The largest absolute Gasteiger partial charge is 0.327 e. The molecule has 1 saturated heterocycles. The third-order valence-corrected chi connectivity index (χ3v) is 8.12. The number of rotatable bonds is 4. The maximum Gasteiger partial charge on any atom is 0.204 e. The van der Waals surface area contributed by atoms with Crippen LogP contribution in [0.3, 0.4) is 0 Å². The molecule has 0 aromatic rings. The van der Waals surface area contributed by atoms with Gasteiger partial charge in [0.1, 0.15) is 0 Å². The van der Waals surface area contributed by atoms with Crippen molar-refractivity contribution in [1.29, 1.82) is 0 Å². The molecule has 5 heteroatoms. The van der Waals surface area contributed by atoms with Gasteiger partial charge in [-0.1, -0.05) is 0 Å². The molecule has 17 heavy (non-hydrogen) atoms. The summed E-state index contributed by atoms with van der Waals surface area (Å²) in [4.78, 5) is 0. The summed E-state index contributed by atoms with van der Waals surface area (Å²) < 4.78 is 10.9. The Labute approximate surface area is 112 Å². The van der Waals surface area contributed by atoms with Crippen LogP contribution >= 0.6 is 6.57 Å². The van der Waals surface area contributed by atoms with Crippen molar-refractivity contribution in [3.05, 3.63) is 0 Å². The molecule has 3 nitrogen and oxygen atoms in total. The summed E-state index contributed by atoms with van der Waals surface area (Å²) in [6.07, 6.45) is 1.18. The minimum absolute atomic E-state index is 0.448. The molecule has 1 heterocycles. The molecule has 0 amide bonds. The van der Waals surface area contributed by atoms with E-state index in [2.05, 4.69) is 44.0 Å². The lowest BCUT2D eigenvalue weighted by molar-refractivity contribution is 0.154. The number of nitrogens with zero attached hydrogens (tertiary/aromatic N) is 2. The van der Waals surface area contributed by atoms with Gasteiger partial charge in [-0.05, 0) is 59.8 Å². The fourth-order valence-electron chi connectivity index (χ4n) is 2.62. The molecule has 0 aliphatic carbocycles. The highest BCUT2D eigenvalue weighted by Gasteiger charge is 2.42. The van der Waals surface area contributed by atoms with Crippen molar-refractivity contribution >= 4 is 18.4 Å². The van der Waals surface area contributed by atoms with Crippen LogP contribution in [-0.2, 0) is 16.3 Å². The molecule has 0 aromatic carbocycles. The minimum Gasteiger partial charge on any atom is -0.327 e. The van der Waals surface area contributed by atoms with E-state index in [4.69, 9.17) is 16.3 Å². The van der Waals surface area contributed by atoms with E-state index in [1.807, 2.05) is 6.92 Å². The SMILES string of the molecule is CCOP1(=S)N(C(C)C)CCC(C)N1C(C)C. The van der Waals surface area contributed by atoms with Crippen LogP contribution in [-0.4, -0.2) is 40.6 Å². The van der Waals surface area contributed by atoms with E-state index in [9.17, 15) is 0 Å². The molecular formula is C12H27N2OPS. The smallest absolute Gasteiger partial charge is 0.204 e. The Kier molecular flexibility index (Phi) is 5.61. The zero-order chi connectivity index (χ0) is 13.2. The third-order valence-electron chi connectivity index (χ3n) is 3.27. The van der Waals surface area contributed by atoms with Crippen molar-refractivity contribution < 1.29 is 4.52 Å². The molecule has 1 fully saturated rings. The van der Waals surface area contributed by atoms with Gasteiger partial charge in [0.25, 0.3) is 0 Å². The van der Waals surface area contributed by atoms with E-state index >= 15 is 0 Å². The summed E-state index contributed by atoms with van der Waals surface area (Å²) in [5.41, 5.74) is 0. The molecular weight excluding hydrogens is 251 g/mol. The van der Waals surface area contributed by atoms with Gasteiger partial charge < -0.3 is 4.52 Å². The van der Waals surface area contributed by atoms with E-state index in [1.165, 1.54) is 6.42 Å². The highest BCUT2D eigenvalue weighted by atomic mass is 32.5. The van der Waals surface area contributed by atoms with Crippen molar-refractivity contribution in [3.63, 3.8) is 0 Å². The van der Waals surface area contributed by atoms with Crippen molar-refractivity contribution in [2.75, 3.05) is 13.2 Å². The molecule has 102 valence electrons. The number of hydrogen-bond donors (Lipinski definition) is 0. The van der Waals surface area contributed by atoms with Crippen LogP contribution in [0, 0.1) is 0 Å². The minimum atomic E-state index is -2.00. The summed E-state index contributed by atoms with van der Waals surface area (Å²) in [5.74, 6) is 0. The Morgan fingerprint density at radius 3 is 2.29 bits per heavy atom. The average Bonchev–Trinajstić information content (AvgIpc) is 2.15. The van der Waals surface area contributed by atoms with Crippen molar-refractivity contribution in [3.8, 4) is 0 Å². The van der Waals surface area contributed by atoms with E-state index in [1.54, 1.807) is 0 Å². The molecule has 0 spiro atoms. The molecule has 0 radical (unpaired) electrons. The highest BCUT2D eigenvalue weighted by Crippen LogP contribution is 2.60. The maximum absolute atomic E-state index is 6.07. The Morgan fingerprint density at radius 2 is 1.88 bits per heavy atom. The molecule has 1 rings (SSSR count). The quantitative estimate of drug-likeness (QED) is 0.731. The van der Waals surface area contributed by atoms with Gasteiger partial charge in [0.05, 0.1) is 6.61 Å². The lowest BCUT2D eigenvalue weighted by Crippen LogP contribution is -2.49. The Morgan fingerprint density at radius 1 is 1.29 bits per heavy atom. The van der Waals surface area contributed by atoms with Crippen molar-refractivity contribution in [2.45, 2.75) is 66.1 Å². The molecule has 0 N–H and O–H groups in total. The normalized spacial score (nSPS) is 32.6. The standard InChI is InChI=1S/C12H27N2OPS/c1-7-15-16(17)13(10(2)3)9-8-12(6)14(16)11(4)5/h10-12H,7-9H2,1-6H3. The van der Waals surface area contributed by atoms with E-state index < -0.39 is 6.57 Å². The maximum atomic E-state index is 6.07. The first kappa shape index (κ1) is 15.6. The van der Waals surface area contributed by atoms with Gasteiger partial charge in [-0.3, -0.25) is 0 Å². The molecule has 0 bridgehead atoms. The zero-order valence-electron chi connectivity index (χ0n) is 12.0. The topological polar surface area (TPSA) is 15.7 Å². The van der Waals surface area contributed by atoms with E-state index in [-0.39, 0.29) is 0 Å². The van der Waals surface area contributed by atoms with Crippen LogP contribution in [0.15, 0.2) is 0 Å². The summed E-state index contributed by atoms with van der Waals surface area (Å²) >= 11 is 5.97. The molecule has 2 unspecified atom stereocenters. The second-order valence-corrected chi connectivity index (χ2v) is 8.92. The van der Waals surface area contributed by atoms with E-state index in [0.29, 0.717) is 24.7 Å². The second kappa shape index (κ2) is 6.12. The first-order valence-corrected chi connectivity index (χ1v) is 9.27. The average molecular weight is 278 g/mol. The van der Waals surface area contributed by atoms with Crippen LogP contribution in [0.5, 0.6) is 0 Å². The molecule has 2 atom stereocenters. The van der Waals surface area contributed by atoms with Crippen LogP contribution in [0.2, 0.25) is 0 Å². The van der Waals surface area contributed by atoms with Gasteiger partial charge in [-0.2, -0.15) is 0 Å². The molecule has 0 aromatic heterocycles. The van der Waals surface area contributed by atoms with E-state index in [0.717, 1.165) is 6.54 Å². The van der Waals surface area contributed by atoms with Gasteiger partial charge in [-0.25, -0.2) is 9.34 Å². The van der Waals surface area contributed by atoms with Gasteiger partial charge in [0.15, 0.2) is 0 Å². The van der Waals surface area contributed by atoms with Crippen LogP contribution in [0.1, 0.15) is 48.0 Å². The highest BCUT2D eigenvalue weighted by molar-refractivity contribution is 8.10. The van der Waals surface area contributed by atoms with Gasteiger partial charge in [0.2, 0.25) is 6.57 Å². The number of hydrogen-bond acceptors (Lipinski definition) is 2. The Bertz CT molecular complexity index is 296. The lowest BCUT2D eigenvalue weighted by Gasteiger charge is -2.52. The second-order valence-electron chi connectivity index (χ2n) is 5.28. The Hall–Kier alpha value is 0.530. The lowest BCUT2D eigenvalue weighted by atomic mass is 10.2. The fourth-order valence-corrected chi connectivity index (χ4v) is 7.83. The third kappa shape index (κ3) is 3.10. The van der Waals surface area contributed by atoms with Gasteiger partial charge in [-0.15, -0.1) is 0 Å². The monoisotopic (exact) mass is 278 g/mol. The summed E-state index contributed by atoms with van der Waals surface area (Å²) in [6, 6.07) is 1.44. The van der Waals surface area contributed by atoms with Crippen LogP contribution in [0.4, 0.5) is 0 Å². The van der Waals surface area contributed by atoms with Gasteiger partial charge >= 0.3 is 0 Å². The van der Waals surface area contributed by atoms with Crippen LogP contribution in [0.25, 0.3) is 0 Å².